The van der Waals surface area contributed by atoms with Crippen molar-refractivity contribution in [2.24, 2.45) is 0 Å². The summed E-state index contributed by atoms with van der Waals surface area (Å²) in [7, 11) is 0. The van der Waals surface area contributed by atoms with E-state index in [-0.39, 0.29) is 17.2 Å². The van der Waals surface area contributed by atoms with E-state index >= 15 is 0 Å². The lowest BCUT2D eigenvalue weighted by Gasteiger charge is -2.09. The molecule has 0 unspecified atom stereocenters. The molecule has 0 aliphatic rings. The summed E-state index contributed by atoms with van der Waals surface area (Å²) in [5, 5.41) is 5.99. The third kappa shape index (κ3) is 5.18. The topological polar surface area (TPSA) is 58.2 Å². The third-order valence-electron chi connectivity index (χ3n) is 4.12. The van der Waals surface area contributed by atoms with Crippen LogP contribution in [0.5, 0.6) is 0 Å². The van der Waals surface area contributed by atoms with Gasteiger partial charge in [-0.25, -0.2) is 4.39 Å². The number of anilines is 1. The Balaban J connectivity index is 1.60. The number of hydrogen-bond donors (Lipinski definition) is 2. The molecule has 0 aliphatic heterocycles. The lowest BCUT2D eigenvalue weighted by atomic mass is 10.1. The van der Waals surface area contributed by atoms with Crippen molar-refractivity contribution in [1.29, 1.82) is 0 Å². The molecule has 0 fully saturated rings. The van der Waals surface area contributed by atoms with Crippen molar-refractivity contribution < 1.29 is 14.0 Å². The molecule has 3 aromatic rings. The average molecular weight is 397 g/mol. The summed E-state index contributed by atoms with van der Waals surface area (Å²) in [4.78, 5) is 24.7. The van der Waals surface area contributed by atoms with Gasteiger partial charge in [0.25, 0.3) is 11.8 Å². The van der Waals surface area contributed by atoms with Crippen LogP contribution < -0.4 is 10.6 Å². The summed E-state index contributed by atoms with van der Waals surface area (Å²) in [5.41, 5.74) is 1.78. The Hall–Kier alpha value is -3.18. The highest BCUT2D eigenvalue weighted by Crippen LogP contribution is 2.15. The number of amides is 2. The molecule has 28 heavy (non-hydrogen) atoms. The van der Waals surface area contributed by atoms with Crippen LogP contribution in [0.2, 0.25) is 5.02 Å². The van der Waals surface area contributed by atoms with Crippen LogP contribution in [0.1, 0.15) is 26.3 Å². The first-order valence-electron chi connectivity index (χ1n) is 8.71. The SMILES string of the molecule is O=C(NCCc1ccc(Cl)cc1)c1cccc(C(=O)Nc2ccccc2F)c1. The summed E-state index contributed by atoms with van der Waals surface area (Å²) in [6.45, 7) is 0.451. The minimum atomic E-state index is -0.521. The summed E-state index contributed by atoms with van der Waals surface area (Å²) in [6, 6.07) is 19.6. The molecule has 0 atom stereocenters. The van der Waals surface area contributed by atoms with Crippen molar-refractivity contribution in [2.75, 3.05) is 11.9 Å². The molecular formula is C22H18ClFN2O2. The number of para-hydroxylation sites is 1. The lowest BCUT2D eigenvalue weighted by Crippen LogP contribution is -2.26. The Morgan fingerprint density at radius 2 is 1.54 bits per heavy atom. The number of nitrogens with one attached hydrogen (secondary N) is 2. The maximum absolute atomic E-state index is 13.7. The fourth-order valence-corrected chi connectivity index (χ4v) is 2.76. The van der Waals surface area contributed by atoms with E-state index in [0.29, 0.717) is 23.6 Å². The standard InChI is InChI=1S/C22H18ClFN2O2/c23-18-10-8-15(9-11-18)12-13-25-21(27)16-4-3-5-17(14-16)22(28)26-20-7-2-1-6-19(20)24/h1-11,14H,12-13H2,(H,25,27)(H,26,28). The molecule has 142 valence electrons. The summed E-state index contributed by atoms with van der Waals surface area (Å²) < 4.78 is 13.7. The monoisotopic (exact) mass is 396 g/mol. The molecule has 2 amide bonds. The second-order valence-electron chi connectivity index (χ2n) is 6.15. The van der Waals surface area contributed by atoms with E-state index in [1.165, 1.54) is 18.2 Å². The summed E-state index contributed by atoms with van der Waals surface area (Å²) >= 11 is 5.85. The van der Waals surface area contributed by atoms with Gasteiger partial charge in [-0.1, -0.05) is 41.9 Å². The number of hydrogen-bond acceptors (Lipinski definition) is 2. The highest BCUT2D eigenvalue weighted by molar-refractivity contribution is 6.30. The van der Waals surface area contributed by atoms with E-state index in [2.05, 4.69) is 10.6 Å². The molecule has 0 bridgehead atoms. The Labute approximate surface area is 167 Å². The average Bonchev–Trinajstić information content (AvgIpc) is 2.71. The van der Waals surface area contributed by atoms with E-state index in [1.807, 2.05) is 12.1 Å². The van der Waals surface area contributed by atoms with Crippen LogP contribution in [-0.4, -0.2) is 18.4 Å². The largest absolute Gasteiger partial charge is 0.352 e. The van der Waals surface area contributed by atoms with E-state index in [9.17, 15) is 14.0 Å². The van der Waals surface area contributed by atoms with Gasteiger partial charge >= 0.3 is 0 Å². The number of carbonyl (C=O) groups is 2. The van der Waals surface area contributed by atoms with Crippen LogP contribution in [0.25, 0.3) is 0 Å². The summed E-state index contributed by atoms with van der Waals surface area (Å²) in [6.07, 6.45) is 0.663. The maximum Gasteiger partial charge on any atom is 0.255 e. The first-order valence-corrected chi connectivity index (χ1v) is 9.09. The smallest absolute Gasteiger partial charge is 0.255 e. The van der Waals surface area contributed by atoms with E-state index in [4.69, 9.17) is 11.6 Å². The molecule has 6 heteroatoms. The molecule has 2 N–H and O–H groups in total. The fourth-order valence-electron chi connectivity index (χ4n) is 2.63. The van der Waals surface area contributed by atoms with Crippen LogP contribution >= 0.6 is 11.6 Å². The molecule has 0 spiro atoms. The molecule has 3 rings (SSSR count). The zero-order chi connectivity index (χ0) is 19.9. The number of benzene rings is 3. The first-order chi connectivity index (χ1) is 13.5. The predicted molar refractivity (Wildman–Crippen MR) is 108 cm³/mol. The number of carbonyl (C=O) groups excluding carboxylic acids is 2. The molecule has 4 nitrogen and oxygen atoms in total. The maximum atomic E-state index is 13.7. The van der Waals surface area contributed by atoms with Gasteiger partial charge in [0.05, 0.1) is 5.69 Å². The van der Waals surface area contributed by atoms with Crippen molar-refractivity contribution in [3.63, 3.8) is 0 Å². The van der Waals surface area contributed by atoms with Crippen molar-refractivity contribution in [3.05, 3.63) is 100 Å². The molecule has 0 aliphatic carbocycles. The number of rotatable bonds is 6. The second-order valence-corrected chi connectivity index (χ2v) is 6.58. The highest BCUT2D eigenvalue weighted by Gasteiger charge is 2.12. The normalized spacial score (nSPS) is 10.4. The predicted octanol–water partition coefficient (Wildman–Crippen LogP) is 4.70. The summed E-state index contributed by atoms with van der Waals surface area (Å²) in [5.74, 6) is -1.29. The zero-order valence-electron chi connectivity index (χ0n) is 14.9. The van der Waals surface area contributed by atoms with Crippen LogP contribution in [0, 0.1) is 5.82 Å². The third-order valence-corrected chi connectivity index (χ3v) is 4.37. The minimum Gasteiger partial charge on any atom is -0.352 e. The Kier molecular flexibility index (Phi) is 6.40. The van der Waals surface area contributed by atoms with Crippen molar-refractivity contribution >= 4 is 29.1 Å². The van der Waals surface area contributed by atoms with Crippen molar-refractivity contribution in [1.82, 2.24) is 5.32 Å². The Bertz CT molecular complexity index is 990. The van der Waals surface area contributed by atoms with Crippen molar-refractivity contribution in [3.8, 4) is 0 Å². The van der Waals surface area contributed by atoms with Gasteiger partial charge < -0.3 is 10.6 Å². The molecule has 0 heterocycles. The van der Waals surface area contributed by atoms with E-state index < -0.39 is 11.7 Å². The quantitative estimate of drug-likeness (QED) is 0.634. The zero-order valence-corrected chi connectivity index (χ0v) is 15.7. The van der Waals surface area contributed by atoms with Gasteiger partial charge in [0, 0.05) is 22.7 Å². The Morgan fingerprint density at radius 3 is 2.25 bits per heavy atom. The second kappa shape index (κ2) is 9.15. The minimum absolute atomic E-state index is 0.0883. The molecule has 0 aromatic heterocycles. The van der Waals surface area contributed by atoms with Gasteiger partial charge in [-0.15, -0.1) is 0 Å². The van der Waals surface area contributed by atoms with Gasteiger partial charge in [-0.2, -0.15) is 0 Å². The van der Waals surface area contributed by atoms with Crippen LogP contribution in [0.3, 0.4) is 0 Å². The van der Waals surface area contributed by atoms with Crippen LogP contribution in [0.4, 0.5) is 10.1 Å². The molecule has 0 saturated carbocycles. The molecule has 0 saturated heterocycles. The van der Waals surface area contributed by atoms with Gasteiger partial charge in [-0.05, 0) is 54.4 Å². The van der Waals surface area contributed by atoms with Crippen LogP contribution in [-0.2, 0) is 6.42 Å². The molecule has 3 aromatic carbocycles. The van der Waals surface area contributed by atoms with E-state index in [1.54, 1.807) is 42.5 Å². The highest BCUT2D eigenvalue weighted by atomic mass is 35.5. The first kappa shape index (κ1) is 19.6. The lowest BCUT2D eigenvalue weighted by molar-refractivity contribution is 0.0954. The van der Waals surface area contributed by atoms with E-state index in [0.717, 1.165) is 5.56 Å². The van der Waals surface area contributed by atoms with Gasteiger partial charge in [0.2, 0.25) is 0 Å². The Morgan fingerprint density at radius 1 is 0.857 bits per heavy atom. The van der Waals surface area contributed by atoms with Gasteiger partial charge in [-0.3, -0.25) is 9.59 Å². The fraction of sp³-hybridized carbons (Fsp3) is 0.0909. The van der Waals surface area contributed by atoms with Crippen molar-refractivity contribution in [2.45, 2.75) is 6.42 Å². The molecular weight excluding hydrogens is 379 g/mol. The number of halogens is 2. The molecule has 0 radical (unpaired) electrons. The van der Waals surface area contributed by atoms with Gasteiger partial charge in [0.1, 0.15) is 5.82 Å². The van der Waals surface area contributed by atoms with Crippen LogP contribution in [0.15, 0.2) is 72.8 Å². The van der Waals surface area contributed by atoms with Gasteiger partial charge in [0.15, 0.2) is 0 Å².